The predicted molar refractivity (Wildman–Crippen MR) is 125 cm³/mol. The minimum Gasteiger partial charge on any atom is -0.492 e. The molecule has 0 aliphatic heterocycles. The van der Waals surface area contributed by atoms with E-state index in [1.54, 1.807) is 12.1 Å². The Bertz CT molecular complexity index is 1030. The van der Waals surface area contributed by atoms with Crippen LogP contribution in [0.15, 0.2) is 49.1 Å². The van der Waals surface area contributed by atoms with E-state index in [1.807, 2.05) is 52.2 Å². The number of hydrogen-bond donors (Lipinski definition) is 2. The van der Waals surface area contributed by atoms with Crippen LogP contribution in [-0.4, -0.2) is 58.4 Å². The zero-order chi connectivity index (χ0) is 23.3. The fraction of sp³-hybridized carbons (Fsp3) is 0.348. The molecule has 0 spiro atoms. The molecule has 0 saturated heterocycles. The summed E-state index contributed by atoms with van der Waals surface area (Å²) in [6, 6.07) is 11.2. The minimum absolute atomic E-state index is 0.0934. The zero-order valence-corrected chi connectivity index (χ0v) is 19.1. The van der Waals surface area contributed by atoms with E-state index < -0.39 is 0 Å². The van der Waals surface area contributed by atoms with Crippen molar-refractivity contribution in [2.75, 3.05) is 31.8 Å². The van der Waals surface area contributed by atoms with Crippen LogP contribution < -0.4 is 20.5 Å². The SMILES string of the molecule is CC(C)Oc1c(N)cc(C(=O)n2cncn2)cc1Nc1ccc(OCC(C)N(C)C)cc1. The molecule has 2 aromatic carbocycles. The van der Waals surface area contributed by atoms with Gasteiger partial charge >= 0.3 is 0 Å². The first-order valence-electron chi connectivity index (χ1n) is 10.4. The summed E-state index contributed by atoms with van der Waals surface area (Å²) in [5, 5.41) is 7.21. The third kappa shape index (κ3) is 5.76. The number of likely N-dealkylation sites (N-methyl/N-ethyl adjacent to an activating group) is 1. The molecule has 0 aliphatic carbocycles. The summed E-state index contributed by atoms with van der Waals surface area (Å²) < 4.78 is 12.9. The maximum absolute atomic E-state index is 12.7. The highest BCUT2D eigenvalue weighted by molar-refractivity contribution is 5.98. The van der Waals surface area contributed by atoms with E-state index >= 15 is 0 Å². The van der Waals surface area contributed by atoms with Crippen LogP contribution in [0.5, 0.6) is 11.5 Å². The second-order valence-electron chi connectivity index (χ2n) is 8.03. The minimum atomic E-state index is -0.341. The van der Waals surface area contributed by atoms with Crippen molar-refractivity contribution in [3.8, 4) is 11.5 Å². The maximum Gasteiger partial charge on any atom is 0.279 e. The van der Waals surface area contributed by atoms with E-state index in [9.17, 15) is 4.79 Å². The van der Waals surface area contributed by atoms with E-state index in [2.05, 4.69) is 27.2 Å². The molecule has 1 heterocycles. The van der Waals surface area contributed by atoms with Gasteiger partial charge in [-0.05, 0) is 71.3 Å². The molecule has 0 fully saturated rings. The second kappa shape index (κ2) is 10.1. The zero-order valence-electron chi connectivity index (χ0n) is 19.1. The molecular weight excluding hydrogens is 408 g/mol. The van der Waals surface area contributed by atoms with Gasteiger partial charge in [0.1, 0.15) is 25.0 Å². The van der Waals surface area contributed by atoms with E-state index in [0.29, 0.717) is 35.3 Å². The molecule has 0 bridgehead atoms. The second-order valence-corrected chi connectivity index (χ2v) is 8.03. The molecule has 1 atom stereocenters. The quantitative estimate of drug-likeness (QED) is 0.490. The van der Waals surface area contributed by atoms with Crippen molar-refractivity contribution in [1.29, 1.82) is 0 Å². The molecule has 0 saturated carbocycles. The van der Waals surface area contributed by atoms with Gasteiger partial charge in [-0.2, -0.15) is 9.78 Å². The van der Waals surface area contributed by atoms with Crippen LogP contribution >= 0.6 is 0 Å². The van der Waals surface area contributed by atoms with E-state index in [-0.39, 0.29) is 12.0 Å². The lowest BCUT2D eigenvalue weighted by atomic mass is 10.1. The molecule has 0 aliphatic rings. The Kier molecular flexibility index (Phi) is 7.32. The number of hydrogen-bond acceptors (Lipinski definition) is 8. The molecule has 9 heteroatoms. The number of aromatic nitrogens is 3. The number of benzene rings is 2. The largest absolute Gasteiger partial charge is 0.492 e. The van der Waals surface area contributed by atoms with E-state index in [1.165, 1.54) is 12.7 Å². The highest BCUT2D eigenvalue weighted by Crippen LogP contribution is 2.36. The van der Waals surface area contributed by atoms with Crippen LogP contribution in [0.4, 0.5) is 17.1 Å². The number of nitrogens with one attached hydrogen (secondary N) is 1. The fourth-order valence-corrected chi connectivity index (χ4v) is 2.84. The van der Waals surface area contributed by atoms with Crippen LogP contribution in [0.2, 0.25) is 0 Å². The van der Waals surface area contributed by atoms with Crippen molar-refractivity contribution in [2.45, 2.75) is 32.9 Å². The first-order valence-corrected chi connectivity index (χ1v) is 10.4. The molecule has 32 heavy (non-hydrogen) atoms. The third-order valence-corrected chi connectivity index (χ3v) is 4.85. The predicted octanol–water partition coefficient (Wildman–Crippen LogP) is 3.41. The molecule has 1 unspecified atom stereocenters. The lowest BCUT2D eigenvalue weighted by Crippen LogP contribution is -2.30. The van der Waals surface area contributed by atoms with Gasteiger partial charge in [0.2, 0.25) is 0 Å². The number of carbonyl (C=O) groups is 1. The summed E-state index contributed by atoms with van der Waals surface area (Å²) in [6.07, 6.45) is 2.56. The Morgan fingerprint density at radius 3 is 2.50 bits per heavy atom. The Morgan fingerprint density at radius 1 is 1.19 bits per heavy atom. The van der Waals surface area contributed by atoms with Gasteiger partial charge in [0.25, 0.3) is 5.91 Å². The number of rotatable bonds is 9. The van der Waals surface area contributed by atoms with Crippen molar-refractivity contribution >= 4 is 23.0 Å². The van der Waals surface area contributed by atoms with Gasteiger partial charge in [-0.3, -0.25) is 4.79 Å². The van der Waals surface area contributed by atoms with E-state index in [0.717, 1.165) is 16.1 Å². The Hall–Kier alpha value is -3.59. The molecule has 0 radical (unpaired) electrons. The molecule has 3 aromatic rings. The van der Waals surface area contributed by atoms with Crippen LogP contribution in [0.3, 0.4) is 0 Å². The summed E-state index contributed by atoms with van der Waals surface area (Å²) in [5.74, 6) is 0.917. The monoisotopic (exact) mass is 438 g/mol. The van der Waals surface area contributed by atoms with E-state index in [4.69, 9.17) is 15.2 Å². The van der Waals surface area contributed by atoms with Gasteiger partial charge < -0.3 is 25.4 Å². The van der Waals surface area contributed by atoms with Crippen LogP contribution in [-0.2, 0) is 0 Å². The van der Waals surface area contributed by atoms with Gasteiger partial charge in [-0.15, -0.1) is 0 Å². The summed E-state index contributed by atoms with van der Waals surface area (Å²) in [5.41, 5.74) is 8.34. The molecule has 170 valence electrons. The van der Waals surface area contributed by atoms with Crippen molar-refractivity contribution in [3.63, 3.8) is 0 Å². The average Bonchev–Trinajstić information content (AvgIpc) is 3.29. The highest BCUT2D eigenvalue weighted by atomic mass is 16.5. The maximum atomic E-state index is 12.7. The van der Waals surface area contributed by atoms with Crippen LogP contribution in [0.25, 0.3) is 0 Å². The van der Waals surface area contributed by atoms with Crippen molar-refractivity contribution < 1.29 is 14.3 Å². The van der Waals surface area contributed by atoms with Gasteiger partial charge in [-0.25, -0.2) is 4.98 Å². The lowest BCUT2D eigenvalue weighted by Gasteiger charge is -2.20. The molecule has 0 amide bonds. The lowest BCUT2D eigenvalue weighted by molar-refractivity contribution is 0.0944. The van der Waals surface area contributed by atoms with Gasteiger partial charge in [0.15, 0.2) is 5.75 Å². The van der Waals surface area contributed by atoms with Crippen molar-refractivity contribution in [1.82, 2.24) is 19.7 Å². The number of nitrogen functional groups attached to an aromatic ring is 1. The molecular formula is C23H30N6O3. The number of anilines is 3. The average molecular weight is 439 g/mol. The Labute approximate surface area is 188 Å². The first-order chi connectivity index (χ1) is 15.2. The third-order valence-electron chi connectivity index (χ3n) is 4.85. The van der Waals surface area contributed by atoms with Crippen LogP contribution in [0, 0.1) is 0 Å². The summed E-state index contributed by atoms with van der Waals surface area (Å²) >= 11 is 0. The van der Waals surface area contributed by atoms with Gasteiger partial charge in [0.05, 0.1) is 17.5 Å². The number of nitrogens with two attached hydrogens (primary N) is 1. The summed E-state index contributed by atoms with van der Waals surface area (Å²) in [4.78, 5) is 18.7. The van der Waals surface area contributed by atoms with Gasteiger partial charge in [-0.1, -0.05) is 0 Å². The topological polar surface area (TPSA) is 108 Å². The smallest absolute Gasteiger partial charge is 0.279 e. The Balaban J connectivity index is 1.84. The molecule has 3 N–H and O–H groups in total. The summed E-state index contributed by atoms with van der Waals surface area (Å²) in [7, 11) is 4.04. The number of ether oxygens (including phenoxy) is 2. The molecule has 9 nitrogen and oxygen atoms in total. The van der Waals surface area contributed by atoms with Crippen molar-refractivity contribution in [3.05, 3.63) is 54.6 Å². The van der Waals surface area contributed by atoms with Crippen LogP contribution in [0.1, 0.15) is 31.1 Å². The number of carbonyl (C=O) groups excluding carboxylic acids is 1. The first kappa shape index (κ1) is 23.1. The number of nitrogens with zero attached hydrogens (tertiary/aromatic N) is 4. The molecule has 1 aromatic heterocycles. The highest BCUT2D eigenvalue weighted by Gasteiger charge is 2.18. The normalized spacial score (nSPS) is 12.1. The molecule has 3 rings (SSSR count). The fourth-order valence-electron chi connectivity index (χ4n) is 2.84. The van der Waals surface area contributed by atoms with Crippen molar-refractivity contribution in [2.24, 2.45) is 0 Å². The standard InChI is InChI=1S/C23H30N6O3/c1-15(2)32-22-20(24)10-17(23(30)29-14-25-13-26-29)11-21(22)27-18-6-8-19(9-7-18)31-12-16(3)28(4)5/h6-11,13-16,27H,12,24H2,1-5H3. The summed E-state index contributed by atoms with van der Waals surface area (Å²) in [6.45, 7) is 6.52. The van der Waals surface area contributed by atoms with Gasteiger partial charge in [0, 0.05) is 17.3 Å². The Morgan fingerprint density at radius 2 is 1.91 bits per heavy atom.